The lowest BCUT2D eigenvalue weighted by Crippen LogP contribution is -2.40. The second-order valence-electron chi connectivity index (χ2n) is 9.61. The molecule has 6 rings (SSSR count). The van der Waals surface area contributed by atoms with E-state index in [2.05, 4.69) is 34.3 Å². The average Bonchev–Trinajstić information content (AvgIpc) is 3.25. The van der Waals surface area contributed by atoms with E-state index in [0.29, 0.717) is 18.1 Å². The molecule has 0 aliphatic carbocycles. The molecule has 4 heterocycles. The van der Waals surface area contributed by atoms with Crippen molar-refractivity contribution < 1.29 is 13.9 Å². The maximum Gasteiger partial charge on any atom is 0.243 e. The third-order valence-electron chi connectivity index (χ3n) is 7.17. The Bertz CT molecular complexity index is 1210. The van der Waals surface area contributed by atoms with Gasteiger partial charge in [-0.3, -0.25) is 9.69 Å². The summed E-state index contributed by atoms with van der Waals surface area (Å²) in [5, 5.41) is 4.33. The highest BCUT2D eigenvalue weighted by Gasteiger charge is 2.37. The van der Waals surface area contributed by atoms with Crippen LogP contribution in [-0.2, 0) is 4.79 Å². The minimum absolute atomic E-state index is 0.00151. The van der Waals surface area contributed by atoms with Crippen LogP contribution in [0.5, 0.6) is 5.75 Å². The van der Waals surface area contributed by atoms with E-state index in [1.54, 1.807) is 0 Å². The van der Waals surface area contributed by atoms with Crippen molar-refractivity contribution in [3.8, 4) is 17.2 Å². The van der Waals surface area contributed by atoms with Crippen LogP contribution in [0.4, 0.5) is 0 Å². The number of hydrogen-bond donors (Lipinski definition) is 1. The maximum atomic E-state index is 12.2. The predicted octanol–water partition coefficient (Wildman–Crippen LogP) is 5.24. The van der Waals surface area contributed by atoms with Gasteiger partial charge in [0.25, 0.3) is 0 Å². The summed E-state index contributed by atoms with van der Waals surface area (Å²) in [7, 11) is 0. The molecule has 3 aliphatic heterocycles. The number of hydrazone groups is 1. The monoisotopic (exact) mass is 474 g/mol. The van der Waals surface area contributed by atoms with Crippen LogP contribution in [0.25, 0.3) is 22.6 Å². The molecule has 0 saturated carbocycles. The molecule has 1 N–H and O–H groups in total. The van der Waals surface area contributed by atoms with Crippen molar-refractivity contribution in [3.63, 3.8) is 0 Å². The number of piperidine rings is 1. The van der Waals surface area contributed by atoms with Crippen molar-refractivity contribution in [1.29, 1.82) is 0 Å². The van der Waals surface area contributed by atoms with Crippen molar-refractivity contribution in [1.82, 2.24) is 15.3 Å². The molecule has 0 bridgehead atoms. The fraction of sp³-hybridized carbons (Fsp3) is 0.464. The number of nitrogens with one attached hydrogen (secondary N) is 1. The molecule has 35 heavy (non-hydrogen) atoms. The van der Waals surface area contributed by atoms with E-state index < -0.39 is 0 Å². The third-order valence-corrected chi connectivity index (χ3v) is 7.17. The van der Waals surface area contributed by atoms with E-state index in [9.17, 15) is 4.79 Å². The van der Waals surface area contributed by atoms with Gasteiger partial charge in [0.15, 0.2) is 5.58 Å². The zero-order chi connectivity index (χ0) is 24.4. The molecule has 184 valence electrons. The van der Waals surface area contributed by atoms with E-state index in [4.69, 9.17) is 9.15 Å². The SMILES string of the molecule is C1CC2CN2C1.CCCC1C(=O)NN=C(c2ccc3nc(-c4ccc(OCC)cc4)oc3c2)C1C. The Morgan fingerprint density at radius 2 is 1.94 bits per heavy atom. The summed E-state index contributed by atoms with van der Waals surface area (Å²) in [6.07, 6.45) is 4.76. The summed E-state index contributed by atoms with van der Waals surface area (Å²) in [5.41, 5.74) is 6.89. The van der Waals surface area contributed by atoms with Crippen LogP contribution in [0.1, 0.15) is 52.0 Å². The molecule has 1 aromatic heterocycles. The molecule has 0 spiro atoms. The number of amides is 1. The molecule has 0 radical (unpaired) electrons. The maximum absolute atomic E-state index is 12.2. The Labute approximate surface area is 206 Å². The van der Waals surface area contributed by atoms with Crippen LogP contribution in [-0.4, -0.2) is 47.2 Å². The van der Waals surface area contributed by atoms with Crippen molar-refractivity contribution >= 4 is 22.7 Å². The fourth-order valence-electron chi connectivity index (χ4n) is 5.11. The highest BCUT2D eigenvalue weighted by atomic mass is 16.5. The summed E-state index contributed by atoms with van der Waals surface area (Å²) in [4.78, 5) is 19.3. The van der Waals surface area contributed by atoms with Crippen molar-refractivity contribution in [2.24, 2.45) is 16.9 Å². The number of carbonyl (C=O) groups is 1. The first-order chi connectivity index (χ1) is 17.1. The summed E-state index contributed by atoms with van der Waals surface area (Å²) in [6, 6.07) is 14.6. The van der Waals surface area contributed by atoms with Gasteiger partial charge in [0, 0.05) is 35.5 Å². The molecule has 3 aliphatic rings. The number of hydrogen-bond acceptors (Lipinski definition) is 6. The molecular formula is C28H34N4O3. The Morgan fingerprint density at radius 3 is 2.57 bits per heavy atom. The number of aromatic nitrogens is 1. The normalized spacial score (nSPS) is 24.8. The minimum Gasteiger partial charge on any atom is -0.494 e. The average molecular weight is 475 g/mol. The smallest absolute Gasteiger partial charge is 0.243 e. The number of ether oxygens (including phenoxy) is 1. The van der Waals surface area contributed by atoms with E-state index in [1.807, 2.05) is 49.4 Å². The predicted molar refractivity (Wildman–Crippen MR) is 137 cm³/mol. The number of oxazole rings is 1. The Hall–Kier alpha value is -3.19. The topological polar surface area (TPSA) is 79.7 Å². The van der Waals surface area contributed by atoms with Crippen LogP contribution < -0.4 is 10.2 Å². The summed E-state index contributed by atoms with van der Waals surface area (Å²) >= 11 is 0. The van der Waals surface area contributed by atoms with E-state index >= 15 is 0 Å². The Morgan fingerprint density at radius 1 is 1.14 bits per heavy atom. The Balaban J connectivity index is 0.000000362. The van der Waals surface area contributed by atoms with Gasteiger partial charge in [-0.2, -0.15) is 5.10 Å². The van der Waals surface area contributed by atoms with E-state index in [0.717, 1.165) is 47.0 Å². The lowest BCUT2D eigenvalue weighted by Gasteiger charge is -2.27. The molecule has 2 saturated heterocycles. The highest BCUT2D eigenvalue weighted by Crippen LogP contribution is 2.30. The van der Waals surface area contributed by atoms with Crippen molar-refractivity contribution in [2.75, 3.05) is 19.7 Å². The van der Waals surface area contributed by atoms with E-state index in [-0.39, 0.29) is 17.7 Å². The molecule has 4 unspecified atom stereocenters. The van der Waals surface area contributed by atoms with Gasteiger partial charge in [-0.25, -0.2) is 10.4 Å². The van der Waals surface area contributed by atoms with Crippen LogP contribution in [0.3, 0.4) is 0 Å². The molecule has 3 aromatic rings. The lowest BCUT2D eigenvalue weighted by atomic mass is 9.82. The number of fused-ring (bicyclic) bond motifs is 2. The Kier molecular flexibility index (Phi) is 6.86. The molecular weight excluding hydrogens is 440 g/mol. The number of benzene rings is 2. The summed E-state index contributed by atoms with van der Waals surface area (Å²) in [5.74, 6) is 1.38. The first-order valence-electron chi connectivity index (χ1n) is 12.8. The summed E-state index contributed by atoms with van der Waals surface area (Å²) in [6.45, 7) is 9.56. The quantitative estimate of drug-likeness (QED) is 0.494. The van der Waals surface area contributed by atoms with Gasteiger partial charge in [0.1, 0.15) is 11.3 Å². The minimum atomic E-state index is -0.0580. The van der Waals surface area contributed by atoms with Gasteiger partial charge in [-0.1, -0.05) is 26.3 Å². The standard InChI is InChI=1S/C23H25N3O3.C5H9N/c1-4-6-18-14(3)21(25-26-22(18)27)16-9-12-19-20(13-16)29-23(24-19)15-7-10-17(11-8-15)28-5-2;1-2-5-4-6(5)3-1/h7-14,18H,4-6H2,1-3H3,(H,26,27);5H,1-4H2. The zero-order valence-electron chi connectivity index (χ0n) is 20.8. The molecule has 4 atom stereocenters. The van der Waals surface area contributed by atoms with Crippen LogP contribution in [0.15, 0.2) is 52.0 Å². The van der Waals surface area contributed by atoms with Gasteiger partial charge in [-0.15, -0.1) is 0 Å². The summed E-state index contributed by atoms with van der Waals surface area (Å²) < 4.78 is 11.5. The number of rotatable bonds is 6. The van der Waals surface area contributed by atoms with Gasteiger partial charge in [0.2, 0.25) is 11.8 Å². The van der Waals surface area contributed by atoms with Gasteiger partial charge < -0.3 is 9.15 Å². The molecule has 7 heteroatoms. The van der Waals surface area contributed by atoms with Crippen molar-refractivity contribution in [3.05, 3.63) is 48.0 Å². The van der Waals surface area contributed by atoms with Crippen LogP contribution >= 0.6 is 0 Å². The number of carbonyl (C=O) groups excluding carboxylic acids is 1. The third kappa shape index (κ3) is 5.10. The zero-order valence-corrected chi connectivity index (χ0v) is 20.8. The van der Waals surface area contributed by atoms with Crippen LogP contribution in [0.2, 0.25) is 0 Å². The van der Waals surface area contributed by atoms with Gasteiger partial charge >= 0.3 is 0 Å². The molecule has 1 amide bonds. The van der Waals surface area contributed by atoms with Crippen molar-refractivity contribution in [2.45, 2.75) is 52.5 Å². The molecule has 2 fully saturated rings. The molecule has 7 nitrogen and oxygen atoms in total. The second-order valence-corrected chi connectivity index (χ2v) is 9.61. The fourth-order valence-corrected chi connectivity index (χ4v) is 5.11. The highest BCUT2D eigenvalue weighted by molar-refractivity contribution is 6.07. The lowest BCUT2D eigenvalue weighted by molar-refractivity contribution is -0.126. The van der Waals surface area contributed by atoms with Gasteiger partial charge in [-0.05, 0) is 69.1 Å². The molecule has 2 aromatic carbocycles. The second kappa shape index (κ2) is 10.2. The largest absolute Gasteiger partial charge is 0.494 e. The van der Waals surface area contributed by atoms with E-state index in [1.165, 1.54) is 25.9 Å². The van der Waals surface area contributed by atoms with Crippen LogP contribution in [0, 0.1) is 11.8 Å². The van der Waals surface area contributed by atoms with Gasteiger partial charge in [0.05, 0.1) is 12.3 Å². The first-order valence-corrected chi connectivity index (χ1v) is 12.8. The number of nitrogens with zero attached hydrogens (tertiary/aromatic N) is 3. The first kappa shape index (κ1) is 23.5.